The van der Waals surface area contributed by atoms with Crippen molar-refractivity contribution in [1.82, 2.24) is 20.5 Å². The summed E-state index contributed by atoms with van der Waals surface area (Å²) in [4.78, 5) is 16.4. The SMILES string of the molecule is COc1cccc(CCNC(=O)c2ccc(NCc3ccccn3)nn2)c1. The number of pyridine rings is 1. The molecular weight excluding hydrogens is 342 g/mol. The molecule has 0 aliphatic heterocycles. The van der Waals surface area contributed by atoms with Crippen molar-refractivity contribution in [2.24, 2.45) is 0 Å². The van der Waals surface area contributed by atoms with Gasteiger partial charge in [-0.25, -0.2) is 0 Å². The summed E-state index contributed by atoms with van der Waals surface area (Å²) in [5, 5.41) is 14.0. The van der Waals surface area contributed by atoms with Crippen LogP contribution < -0.4 is 15.4 Å². The Bertz CT molecular complexity index is 869. The highest BCUT2D eigenvalue weighted by atomic mass is 16.5. The van der Waals surface area contributed by atoms with Gasteiger partial charge < -0.3 is 15.4 Å². The molecule has 3 aromatic rings. The molecule has 138 valence electrons. The van der Waals surface area contributed by atoms with Crippen molar-refractivity contribution in [2.45, 2.75) is 13.0 Å². The molecule has 7 nitrogen and oxygen atoms in total. The topological polar surface area (TPSA) is 89.0 Å². The van der Waals surface area contributed by atoms with Crippen LogP contribution in [0.2, 0.25) is 0 Å². The Balaban J connectivity index is 1.47. The first-order chi connectivity index (χ1) is 13.2. The Labute approximate surface area is 157 Å². The minimum atomic E-state index is -0.248. The molecule has 0 bridgehead atoms. The number of rotatable bonds is 8. The van der Waals surface area contributed by atoms with Gasteiger partial charge in [-0.1, -0.05) is 18.2 Å². The lowest BCUT2D eigenvalue weighted by Crippen LogP contribution is -2.26. The van der Waals surface area contributed by atoms with E-state index in [0.29, 0.717) is 25.3 Å². The summed E-state index contributed by atoms with van der Waals surface area (Å²) in [5.41, 5.74) is 2.28. The molecule has 3 rings (SSSR count). The molecule has 2 heterocycles. The fourth-order valence-electron chi connectivity index (χ4n) is 2.47. The van der Waals surface area contributed by atoms with E-state index in [4.69, 9.17) is 4.74 Å². The average Bonchev–Trinajstić information content (AvgIpc) is 2.73. The highest BCUT2D eigenvalue weighted by Gasteiger charge is 2.08. The van der Waals surface area contributed by atoms with Crippen LogP contribution in [0.1, 0.15) is 21.7 Å². The summed E-state index contributed by atoms with van der Waals surface area (Å²) in [6, 6.07) is 16.9. The zero-order valence-electron chi connectivity index (χ0n) is 15.1. The largest absolute Gasteiger partial charge is 0.497 e. The molecule has 0 saturated carbocycles. The Hall–Kier alpha value is -3.48. The summed E-state index contributed by atoms with van der Waals surface area (Å²) in [6.45, 7) is 1.05. The third-order valence-electron chi connectivity index (χ3n) is 3.91. The maximum absolute atomic E-state index is 12.2. The fraction of sp³-hybridized carbons (Fsp3) is 0.200. The predicted molar refractivity (Wildman–Crippen MR) is 103 cm³/mol. The van der Waals surface area contributed by atoms with Gasteiger partial charge in [0.2, 0.25) is 0 Å². The summed E-state index contributed by atoms with van der Waals surface area (Å²) in [7, 11) is 1.63. The molecule has 1 amide bonds. The fourth-order valence-corrected chi connectivity index (χ4v) is 2.47. The zero-order valence-corrected chi connectivity index (χ0v) is 15.1. The van der Waals surface area contributed by atoms with E-state index in [1.165, 1.54) is 0 Å². The molecule has 0 radical (unpaired) electrons. The van der Waals surface area contributed by atoms with E-state index >= 15 is 0 Å². The summed E-state index contributed by atoms with van der Waals surface area (Å²) < 4.78 is 5.20. The smallest absolute Gasteiger partial charge is 0.271 e. The van der Waals surface area contributed by atoms with E-state index in [9.17, 15) is 4.79 Å². The first-order valence-electron chi connectivity index (χ1n) is 8.63. The monoisotopic (exact) mass is 363 g/mol. The Morgan fingerprint density at radius 2 is 2.00 bits per heavy atom. The van der Waals surface area contributed by atoms with Crippen molar-refractivity contribution >= 4 is 11.7 Å². The molecule has 0 atom stereocenters. The highest BCUT2D eigenvalue weighted by Crippen LogP contribution is 2.12. The molecule has 0 fully saturated rings. The summed E-state index contributed by atoms with van der Waals surface area (Å²) >= 11 is 0. The van der Waals surface area contributed by atoms with E-state index in [-0.39, 0.29) is 11.6 Å². The van der Waals surface area contributed by atoms with Gasteiger partial charge in [-0.05, 0) is 48.4 Å². The number of methoxy groups -OCH3 is 1. The number of anilines is 1. The van der Waals surface area contributed by atoms with Gasteiger partial charge in [-0.3, -0.25) is 9.78 Å². The molecule has 0 unspecified atom stereocenters. The van der Waals surface area contributed by atoms with E-state index in [2.05, 4.69) is 25.8 Å². The predicted octanol–water partition coefficient (Wildman–Crippen LogP) is 2.46. The molecule has 2 aromatic heterocycles. The number of ether oxygens (including phenoxy) is 1. The summed E-state index contributed by atoms with van der Waals surface area (Å²) in [5.74, 6) is 1.15. The van der Waals surface area contributed by atoms with Crippen molar-refractivity contribution in [3.63, 3.8) is 0 Å². The van der Waals surface area contributed by atoms with E-state index < -0.39 is 0 Å². The van der Waals surface area contributed by atoms with Gasteiger partial charge in [0, 0.05) is 12.7 Å². The van der Waals surface area contributed by atoms with Crippen LogP contribution in [0.5, 0.6) is 5.75 Å². The number of nitrogens with zero attached hydrogens (tertiary/aromatic N) is 3. The number of nitrogens with one attached hydrogen (secondary N) is 2. The molecule has 0 spiro atoms. The van der Waals surface area contributed by atoms with Crippen LogP contribution >= 0.6 is 0 Å². The van der Waals surface area contributed by atoms with Crippen LogP contribution in [-0.2, 0) is 13.0 Å². The molecule has 1 aromatic carbocycles. The lowest BCUT2D eigenvalue weighted by molar-refractivity contribution is 0.0948. The lowest BCUT2D eigenvalue weighted by Gasteiger charge is -2.07. The molecule has 7 heteroatoms. The zero-order chi connectivity index (χ0) is 18.9. The average molecular weight is 363 g/mol. The maximum Gasteiger partial charge on any atom is 0.271 e. The number of benzene rings is 1. The Morgan fingerprint density at radius 3 is 2.74 bits per heavy atom. The molecule has 0 aliphatic carbocycles. The van der Waals surface area contributed by atoms with Crippen LogP contribution in [0.25, 0.3) is 0 Å². The lowest BCUT2D eigenvalue weighted by atomic mass is 10.1. The third-order valence-corrected chi connectivity index (χ3v) is 3.91. The highest BCUT2D eigenvalue weighted by molar-refractivity contribution is 5.92. The molecule has 0 aliphatic rings. The van der Waals surface area contributed by atoms with Crippen molar-refractivity contribution in [1.29, 1.82) is 0 Å². The van der Waals surface area contributed by atoms with Gasteiger partial charge in [0.1, 0.15) is 11.6 Å². The van der Waals surface area contributed by atoms with Crippen LogP contribution in [0.4, 0.5) is 5.82 Å². The minimum absolute atomic E-state index is 0.248. The second kappa shape index (κ2) is 9.28. The normalized spacial score (nSPS) is 10.3. The number of carbonyl (C=O) groups excluding carboxylic acids is 1. The van der Waals surface area contributed by atoms with E-state index in [1.54, 1.807) is 25.4 Å². The van der Waals surface area contributed by atoms with Gasteiger partial charge in [0.15, 0.2) is 5.69 Å². The van der Waals surface area contributed by atoms with Crippen LogP contribution in [0.15, 0.2) is 60.8 Å². The number of hydrogen-bond donors (Lipinski definition) is 2. The molecule has 27 heavy (non-hydrogen) atoms. The third kappa shape index (κ3) is 5.50. The summed E-state index contributed by atoms with van der Waals surface area (Å²) in [6.07, 6.45) is 2.45. The van der Waals surface area contributed by atoms with Crippen molar-refractivity contribution in [3.05, 3.63) is 77.7 Å². The standard InChI is InChI=1S/C20H21N5O2/c1-27-17-7-4-5-15(13-17)10-12-22-20(26)18-8-9-19(25-24-18)23-14-16-6-2-3-11-21-16/h2-9,11,13H,10,12,14H2,1H3,(H,22,26)(H,23,25). The number of carbonyl (C=O) groups is 1. The van der Waals surface area contributed by atoms with E-state index in [0.717, 1.165) is 17.0 Å². The van der Waals surface area contributed by atoms with Crippen LogP contribution in [0.3, 0.4) is 0 Å². The van der Waals surface area contributed by atoms with Gasteiger partial charge in [-0.15, -0.1) is 10.2 Å². The number of hydrogen-bond acceptors (Lipinski definition) is 6. The number of amides is 1. The minimum Gasteiger partial charge on any atom is -0.497 e. The Kier molecular flexibility index (Phi) is 6.30. The molecular formula is C20H21N5O2. The molecule has 2 N–H and O–H groups in total. The second-order valence-corrected chi connectivity index (χ2v) is 5.84. The second-order valence-electron chi connectivity index (χ2n) is 5.84. The van der Waals surface area contributed by atoms with Crippen LogP contribution in [0, 0.1) is 0 Å². The van der Waals surface area contributed by atoms with Gasteiger partial charge >= 0.3 is 0 Å². The first kappa shape index (κ1) is 18.3. The Morgan fingerprint density at radius 1 is 1.07 bits per heavy atom. The van der Waals surface area contributed by atoms with Crippen molar-refractivity contribution < 1.29 is 9.53 Å². The van der Waals surface area contributed by atoms with Gasteiger partial charge in [0.05, 0.1) is 19.3 Å². The van der Waals surface area contributed by atoms with Gasteiger partial charge in [0.25, 0.3) is 5.91 Å². The maximum atomic E-state index is 12.2. The quantitative estimate of drug-likeness (QED) is 0.639. The van der Waals surface area contributed by atoms with Crippen LogP contribution in [-0.4, -0.2) is 34.7 Å². The van der Waals surface area contributed by atoms with Crippen molar-refractivity contribution in [2.75, 3.05) is 19.0 Å². The first-order valence-corrected chi connectivity index (χ1v) is 8.63. The number of aromatic nitrogens is 3. The van der Waals surface area contributed by atoms with Gasteiger partial charge in [-0.2, -0.15) is 0 Å². The van der Waals surface area contributed by atoms with Crippen molar-refractivity contribution in [3.8, 4) is 5.75 Å². The van der Waals surface area contributed by atoms with E-state index in [1.807, 2.05) is 42.5 Å². The molecule has 0 saturated heterocycles.